The van der Waals surface area contributed by atoms with Gasteiger partial charge < -0.3 is 4.74 Å². The van der Waals surface area contributed by atoms with E-state index in [-0.39, 0.29) is 5.69 Å². The third-order valence-electron chi connectivity index (χ3n) is 4.74. The Morgan fingerprint density at radius 1 is 0.963 bits per heavy atom. The minimum atomic E-state index is -2.64. The van der Waals surface area contributed by atoms with Gasteiger partial charge in [0.25, 0.3) is 6.43 Å². The quantitative estimate of drug-likeness (QED) is 0.518. The number of halogens is 2. The van der Waals surface area contributed by atoms with Crippen LogP contribution in [-0.2, 0) is 6.42 Å². The fourth-order valence-corrected chi connectivity index (χ4v) is 3.43. The third-order valence-corrected chi connectivity index (χ3v) is 4.74. The molecule has 0 saturated carbocycles. The van der Waals surface area contributed by atoms with Crippen molar-refractivity contribution in [3.8, 4) is 28.3 Å². The number of fused-ring (bicyclic) bond motifs is 2. The maximum Gasteiger partial charge on any atom is 0.282 e. The Bertz CT molecular complexity index is 1140. The molecule has 4 aromatic rings. The van der Waals surface area contributed by atoms with Gasteiger partial charge in [-0.3, -0.25) is 0 Å². The summed E-state index contributed by atoms with van der Waals surface area (Å²) >= 11 is 0. The minimum Gasteiger partial charge on any atom is -0.493 e. The van der Waals surface area contributed by atoms with Crippen molar-refractivity contribution in [3.05, 3.63) is 71.9 Å². The molecule has 134 valence electrons. The Hall–Kier alpha value is -3.28. The molecule has 0 radical (unpaired) electrons. The fourth-order valence-electron chi connectivity index (χ4n) is 3.43. The lowest BCUT2D eigenvalue weighted by molar-refractivity contribution is 0.144. The van der Waals surface area contributed by atoms with Crippen LogP contribution in [0.4, 0.5) is 8.78 Å². The highest BCUT2D eigenvalue weighted by molar-refractivity contribution is 5.82. The Morgan fingerprint density at radius 2 is 1.81 bits per heavy atom. The number of aromatic nitrogens is 3. The second-order valence-electron chi connectivity index (χ2n) is 6.42. The number of nitrogens with zero attached hydrogens (tertiary/aromatic N) is 3. The van der Waals surface area contributed by atoms with Crippen LogP contribution in [-0.4, -0.2) is 21.2 Å². The summed E-state index contributed by atoms with van der Waals surface area (Å²) < 4.78 is 33.6. The van der Waals surface area contributed by atoms with E-state index in [0.29, 0.717) is 23.6 Å². The fraction of sp³-hybridized carbons (Fsp3) is 0.143. The number of hydrogen-bond donors (Lipinski definition) is 0. The predicted octanol–water partition coefficient (Wildman–Crippen LogP) is 4.94. The lowest BCUT2D eigenvalue weighted by Gasteiger charge is -2.07. The first-order chi connectivity index (χ1) is 13.2. The summed E-state index contributed by atoms with van der Waals surface area (Å²) in [7, 11) is 0. The summed E-state index contributed by atoms with van der Waals surface area (Å²) in [4.78, 5) is 4.69. The van der Waals surface area contributed by atoms with Gasteiger partial charge in [-0.15, -0.1) is 0 Å². The molecular formula is C21H15F2N3O. The van der Waals surface area contributed by atoms with Crippen LogP contribution in [0.25, 0.3) is 28.2 Å². The summed E-state index contributed by atoms with van der Waals surface area (Å²) in [5, 5.41) is 4.14. The van der Waals surface area contributed by atoms with Gasteiger partial charge in [0.05, 0.1) is 12.3 Å². The highest BCUT2D eigenvalue weighted by atomic mass is 19.3. The summed E-state index contributed by atoms with van der Waals surface area (Å²) in [5.41, 5.74) is 4.53. The smallest absolute Gasteiger partial charge is 0.282 e. The Kier molecular flexibility index (Phi) is 3.63. The van der Waals surface area contributed by atoms with Crippen LogP contribution in [0.15, 0.2) is 60.7 Å². The second-order valence-corrected chi connectivity index (χ2v) is 6.42. The van der Waals surface area contributed by atoms with Crippen LogP contribution < -0.4 is 4.74 Å². The molecule has 0 saturated heterocycles. The molecule has 1 aliphatic rings. The van der Waals surface area contributed by atoms with E-state index in [9.17, 15) is 8.78 Å². The standard InChI is InChI=1S/C21H15F2N3O/c22-21(23)16-8-9-18-24-19(15-7-6-13-10-11-27-17(13)12-15)20(26(18)25-16)14-4-2-1-3-5-14/h1-9,12,21H,10-11H2. The predicted molar refractivity (Wildman–Crippen MR) is 98.0 cm³/mol. The summed E-state index contributed by atoms with van der Waals surface area (Å²) in [6.07, 6.45) is -1.75. The highest BCUT2D eigenvalue weighted by Gasteiger charge is 2.21. The van der Waals surface area contributed by atoms with Crippen LogP contribution in [0.5, 0.6) is 5.75 Å². The number of hydrogen-bond acceptors (Lipinski definition) is 3. The number of ether oxygens (including phenoxy) is 1. The molecule has 6 heteroatoms. The maximum atomic E-state index is 13.2. The van der Waals surface area contributed by atoms with Gasteiger partial charge in [-0.2, -0.15) is 5.10 Å². The maximum absolute atomic E-state index is 13.2. The number of rotatable bonds is 3. The first-order valence-corrected chi connectivity index (χ1v) is 8.70. The van der Waals surface area contributed by atoms with Gasteiger partial charge in [-0.1, -0.05) is 42.5 Å². The molecule has 2 aromatic carbocycles. The molecule has 3 heterocycles. The molecule has 0 amide bonds. The van der Waals surface area contributed by atoms with E-state index in [4.69, 9.17) is 4.74 Å². The molecular weight excluding hydrogens is 348 g/mol. The Morgan fingerprint density at radius 3 is 2.63 bits per heavy atom. The van der Waals surface area contributed by atoms with Gasteiger partial charge in [0.1, 0.15) is 17.1 Å². The molecule has 0 bridgehead atoms. The zero-order chi connectivity index (χ0) is 18.4. The molecule has 5 rings (SSSR count). The van der Waals surface area contributed by atoms with E-state index in [2.05, 4.69) is 10.1 Å². The van der Waals surface area contributed by atoms with Crippen molar-refractivity contribution in [1.29, 1.82) is 0 Å². The molecule has 27 heavy (non-hydrogen) atoms. The number of alkyl halides is 2. The SMILES string of the molecule is FC(F)c1ccc2nc(-c3ccc4c(c3)OCC4)c(-c3ccccc3)n2n1. The average molecular weight is 363 g/mol. The van der Waals surface area contributed by atoms with Gasteiger partial charge in [0.15, 0.2) is 5.65 Å². The molecule has 2 aromatic heterocycles. The molecule has 0 atom stereocenters. The van der Waals surface area contributed by atoms with Gasteiger partial charge in [-0.05, 0) is 23.8 Å². The first-order valence-electron chi connectivity index (χ1n) is 8.70. The van der Waals surface area contributed by atoms with Gasteiger partial charge in [0.2, 0.25) is 0 Å². The largest absolute Gasteiger partial charge is 0.493 e. The highest BCUT2D eigenvalue weighted by Crippen LogP contribution is 2.36. The summed E-state index contributed by atoms with van der Waals surface area (Å²) in [6, 6.07) is 18.5. The normalized spacial score (nSPS) is 13.1. The van der Waals surface area contributed by atoms with Gasteiger partial charge in [0, 0.05) is 17.5 Å². The van der Waals surface area contributed by atoms with E-state index >= 15 is 0 Å². The van der Waals surface area contributed by atoms with Gasteiger partial charge >= 0.3 is 0 Å². The molecule has 0 unspecified atom stereocenters. The molecule has 4 nitrogen and oxygen atoms in total. The van der Waals surface area contributed by atoms with Crippen molar-refractivity contribution in [1.82, 2.24) is 14.6 Å². The van der Waals surface area contributed by atoms with Crippen LogP contribution in [0, 0.1) is 0 Å². The van der Waals surface area contributed by atoms with Crippen molar-refractivity contribution in [3.63, 3.8) is 0 Å². The van der Waals surface area contributed by atoms with E-state index in [1.54, 1.807) is 6.07 Å². The van der Waals surface area contributed by atoms with E-state index in [1.807, 2.05) is 48.5 Å². The molecule has 0 aliphatic carbocycles. The van der Waals surface area contributed by atoms with Crippen molar-refractivity contribution < 1.29 is 13.5 Å². The molecule has 0 fully saturated rings. The first kappa shape index (κ1) is 15.9. The zero-order valence-electron chi connectivity index (χ0n) is 14.3. The number of benzene rings is 2. The van der Waals surface area contributed by atoms with E-state index in [0.717, 1.165) is 23.3 Å². The third kappa shape index (κ3) is 2.65. The molecule has 0 spiro atoms. The van der Waals surface area contributed by atoms with Crippen LogP contribution >= 0.6 is 0 Å². The average Bonchev–Trinajstić information content (AvgIpc) is 3.31. The van der Waals surface area contributed by atoms with Crippen LogP contribution in [0.2, 0.25) is 0 Å². The monoisotopic (exact) mass is 363 g/mol. The minimum absolute atomic E-state index is 0.277. The second kappa shape index (κ2) is 6.16. The lowest BCUT2D eigenvalue weighted by Crippen LogP contribution is -2.00. The van der Waals surface area contributed by atoms with Crippen LogP contribution in [0.3, 0.4) is 0 Å². The van der Waals surface area contributed by atoms with Crippen molar-refractivity contribution in [2.45, 2.75) is 12.8 Å². The van der Waals surface area contributed by atoms with Crippen molar-refractivity contribution >= 4 is 5.65 Å². The van der Waals surface area contributed by atoms with Crippen molar-refractivity contribution in [2.24, 2.45) is 0 Å². The van der Waals surface area contributed by atoms with Gasteiger partial charge in [-0.25, -0.2) is 18.3 Å². The molecule has 0 N–H and O–H groups in total. The van der Waals surface area contributed by atoms with Crippen molar-refractivity contribution in [2.75, 3.05) is 6.61 Å². The van der Waals surface area contributed by atoms with Crippen LogP contribution in [0.1, 0.15) is 17.7 Å². The Balaban J connectivity index is 1.79. The Labute approximate surface area is 154 Å². The summed E-state index contributed by atoms with van der Waals surface area (Å²) in [5.74, 6) is 0.852. The number of imidazole rings is 1. The molecule has 1 aliphatic heterocycles. The zero-order valence-corrected chi connectivity index (χ0v) is 14.3. The van der Waals surface area contributed by atoms with E-state index in [1.165, 1.54) is 16.1 Å². The van der Waals surface area contributed by atoms with E-state index < -0.39 is 6.43 Å². The lowest BCUT2D eigenvalue weighted by atomic mass is 10.0. The summed E-state index contributed by atoms with van der Waals surface area (Å²) in [6.45, 7) is 0.675. The topological polar surface area (TPSA) is 39.4 Å².